The van der Waals surface area contributed by atoms with Crippen LogP contribution in [-0.2, 0) is 17.9 Å². The third-order valence-electron chi connectivity index (χ3n) is 2.99. The molecule has 1 atom stereocenters. The van der Waals surface area contributed by atoms with Crippen LogP contribution >= 0.6 is 11.3 Å². The maximum atomic E-state index is 5.10. The maximum absolute atomic E-state index is 5.10. The van der Waals surface area contributed by atoms with E-state index in [-0.39, 0.29) is 0 Å². The van der Waals surface area contributed by atoms with E-state index in [1.54, 1.807) is 18.4 Å². The van der Waals surface area contributed by atoms with E-state index in [1.807, 2.05) is 11.6 Å². The highest BCUT2D eigenvalue weighted by molar-refractivity contribution is 7.09. The van der Waals surface area contributed by atoms with Crippen molar-refractivity contribution in [1.82, 2.24) is 10.3 Å². The van der Waals surface area contributed by atoms with Gasteiger partial charge in [-0.25, -0.2) is 4.98 Å². The Bertz CT molecular complexity index is 467. The molecule has 0 aliphatic heterocycles. The zero-order valence-corrected chi connectivity index (χ0v) is 12.2. The minimum atomic E-state index is 0.466. The van der Waals surface area contributed by atoms with Crippen molar-refractivity contribution in [1.29, 1.82) is 0 Å². The summed E-state index contributed by atoms with van der Waals surface area (Å²) in [5, 5.41) is 6.70. The molecule has 2 rings (SSSR count). The fourth-order valence-corrected chi connectivity index (χ4v) is 2.62. The Hall–Kier alpha value is -1.23. The number of ether oxygens (including phenoxy) is 1. The second-order valence-electron chi connectivity index (χ2n) is 4.65. The lowest BCUT2D eigenvalue weighted by molar-refractivity contribution is 0.185. The molecular weight excluding hydrogens is 256 g/mol. The molecule has 1 N–H and O–H groups in total. The van der Waals surface area contributed by atoms with Gasteiger partial charge in [-0.2, -0.15) is 0 Å². The number of thiazole rings is 1. The lowest BCUT2D eigenvalue weighted by Gasteiger charge is -2.10. The SMILES string of the molecule is COCc1ccc(CNCC(C)c2nccs2)cc1. The first-order valence-electron chi connectivity index (χ1n) is 6.46. The predicted molar refractivity (Wildman–Crippen MR) is 79.4 cm³/mol. The number of hydrogen-bond acceptors (Lipinski definition) is 4. The van der Waals surface area contributed by atoms with Crippen LogP contribution < -0.4 is 5.32 Å². The van der Waals surface area contributed by atoms with Crippen LogP contribution in [0.2, 0.25) is 0 Å². The van der Waals surface area contributed by atoms with Gasteiger partial charge in [-0.1, -0.05) is 31.2 Å². The van der Waals surface area contributed by atoms with Gasteiger partial charge in [0.25, 0.3) is 0 Å². The molecule has 19 heavy (non-hydrogen) atoms. The van der Waals surface area contributed by atoms with E-state index in [1.165, 1.54) is 16.1 Å². The van der Waals surface area contributed by atoms with Crippen molar-refractivity contribution in [3.8, 4) is 0 Å². The highest BCUT2D eigenvalue weighted by atomic mass is 32.1. The molecule has 1 aromatic heterocycles. The number of methoxy groups -OCH3 is 1. The average molecular weight is 276 g/mol. The summed E-state index contributed by atoms with van der Waals surface area (Å²) >= 11 is 1.72. The van der Waals surface area contributed by atoms with E-state index in [2.05, 4.69) is 41.5 Å². The third-order valence-corrected chi connectivity index (χ3v) is 3.99. The van der Waals surface area contributed by atoms with E-state index in [0.29, 0.717) is 12.5 Å². The zero-order chi connectivity index (χ0) is 13.5. The van der Waals surface area contributed by atoms with Gasteiger partial charge in [0, 0.05) is 37.7 Å². The molecule has 0 amide bonds. The summed E-state index contributed by atoms with van der Waals surface area (Å²) < 4.78 is 5.10. The molecule has 102 valence electrons. The molecule has 0 aliphatic rings. The molecular formula is C15H20N2OS. The van der Waals surface area contributed by atoms with Gasteiger partial charge in [0.2, 0.25) is 0 Å². The Labute approximate surface area is 118 Å². The van der Waals surface area contributed by atoms with Gasteiger partial charge < -0.3 is 10.1 Å². The van der Waals surface area contributed by atoms with Crippen LogP contribution in [0.3, 0.4) is 0 Å². The number of nitrogens with one attached hydrogen (secondary N) is 1. The van der Waals surface area contributed by atoms with Gasteiger partial charge in [-0.3, -0.25) is 0 Å². The summed E-state index contributed by atoms with van der Waals surface area (Å²) in [7, 11) is 1.72. The van der Waals surface area contributed by atoms with Crippen LogP contribution in [-0.4, -0.2) is 18.6 Å². The Kier molecular flexibility index (Phi) is 5.51. The van der Waals surface area contributed by atoms with Crippen molar-refractivity contribution in [2.45, 2.75) is 26.0 Å². The summed E-state index contributed by atoms with van der Waals surface area (Å²) in [6.45, 7) is 4.72. The van der Waals surface area contributed by atoms with Crippen molar-refractivity contribution in [3.05, 3.63) is 52.0 Å². The Balaban J connectivity index is 1.76. The molecule has 0 radical (unpaired) electrons. The lowest BCUT2D eigenvalue weighted by Crippen LogP contribution is -2.19. The van der Waals surface area contributed by atoms with Crippen molar-refractivity contribution in [2.75, 3.05) is 13.7 Å². The van der Waals surface area contributed by atoms with E-state index < -0.39 is 0 Å². The van der Waals surface area contributed by atoms with Crippen molar-refractivity contribution < 1.29 is 4.74 Å². The van der Waals surface area contributed by atoms with Crippen molar-refractivity contribution >= 4 is 11.3 Å². The van der Waals surface area contributed by atoms with Crippen LogP contribution in [0.4, 0.5) is 0 Å². The predicted octanol–water partition coefficient (Wildman–Crippen LogP) is 3.18. The number of benzene rings is 1. The molecule has 1 aromatic carbocycles. The number of rotatable bonds is 7. The van der Waals surface area contributed by atoms with Gasteiger partial charge in [0.05, 0.1) is 11.6 Å². The first-order valence-corrected chi connectivity index (χ1v) is 7.34. The van der Waals surface area contributed by atoms with Crippen LogP contribution in [0, 0.1) is 0 Å². The second kappa shape index (κ2) is 7.38. The van der Waals surface area contributed by atoms with Crippen LogP contribution in [0.5, 0.6) is 0 Å². The Morgan fingerprint density at radius 3 is 2.63 bits per heavy atom. The molecule has 3 nitrogen and oxygen atoms in total. The van der Waals surface area contributed by atoms with Gasteiger partial charge >= 0.3 is 0 Å². The van der Waals surface area contributed by atoms with Crippen molar-refractivity contribution in [2.24, 2.45) is 0 Å². The minimum Gasteiger partial charge on any atom is -0.380 e. The summed E-state index contributed by atoms with van der Waals surface area (Å²) in [5.41, 5.74) is 2.51. The standard InChI is InChI=1S/C15H20N2OS/c1-12(15-17-7-8-19-15)9-16-10-13-3-5-14(6-4-13)11-18-2/h3-8,12,16H,9-11H2,1-2H3. The molecule has 0 aliphatic carbocycles. The molecule has 1 unspecified atom stereocenters. The maximum Gasteiger partial charge on any atom is 0.0965 e. The molecule has 2 aromatic rings. The fraction of sp³-hybridized carbons (Fsp3) is 0.400. The second-order valence-corrected chi connectivity index (χ2v) is 5.58. The molecule has 0 saturated heterocycles. The van der Waals surface area contributed by atoms with E-state index in [0.717, 1.165) is 13.1 Å². The Morgan fingerprint density at radius 2 is 2.00 bits per heavy atom. The molecule has 1 heterocycles. The van der Waals surface area contributed by atoms with Gasteiger partial charge in [-0.05, 0) is 11.1 Å². The van der Waals surface area contributed by atoms with E-state index in [9.17, 15) is 0 Å². The van der Waals surface area contributed by atoms with E-state index in [4.69, 9.17) is 4.74 Å². The third kappa shape index (κ3) is 4.42. The molecule has 0 spiro atoms. The monoisotopic (exact) mass is 276 g/mol. The minimum absolute atomic E-state index is 0.466. The van der Waals surface area contributed by atoms with E-state index >= 15 is 0 Å². The van der Waals surface area contributed by atoms with Gasteiger partial charge in [0.1, 0.15) is 0 Å². The first-order chi connectivity index (χ1) is 9.29. The zero-order valence-electron chi connectivity index (χ0n) is 11.4. The molecule has 4 heteroatoms. The largest absolute Gasteiger partial charge is 0.380 e. The summed E-state index contributed by atoms with van der Waals surface area (Å²) in [5.74, 6) is 0.466. The highest BCUT2D eigenvalue weighted by Gasteiger charge is 2.07. The number of hydrogen-bond donors (Lipinski definition) is 1. The van der Waals surface area contributed by atoms with Crippen LogP contribution in [0.15, 0.2) is 35.8 Å². The lowest BCUT2D eigenvalue weighted by atomic mass is 10.1. The van der Waals surface area contributed by atoms with Crippen molar-refractivity contribution in [3.63, 3.8) is 0 Å². The number of nitrogens with zero attached hydrogens (tertiary/aromatic N) is 1. The number of aromatic nitrogens is 1. The molecule has 0 saturated carbocycles. The highest BCUT2D eigenvalue weighted by Crippen LogP contribution is 2.16. The fourth-order valence-electron chi connectivity index (χ4n) is 1.92. The topological polar surface area (TPSA) is 34.1 Å². The summed E-state index contributed by atoms with van der Waals surface area (Å²) in [6.07, 6.45) is 1.87. The van der Waals surface area contributed by atoms with Crippen LogP contribution in [0.1, 0.15) is 29.0 Å². The first kappa shape index (κ1) is 14.2. The molecule has 0 bridgehead atoms. The average Bonchev–Trinajstić information content (AvgIpc) is 2.95. The summed E-state index contributed by atoms with van der Waals surface area (Å²) in [4.78, 5) is 4.34. The van der Waals surface area contributed by atoms with Gasteiger partial charge in [0.15, 0.2) is 0 Å². The van der Waals surface area contributed by atoms with Crippen LogP contribution in [0.25, 0.3) is 0 Å². The molecule has 0 fully saturated rings. The quantitative estimate of drug-likeness (QED) is 0.843. The van der Waals surface area contributed by atoms with Gasteiger partial charge in [-0.15, -0.1) is 11.3 Å². The smallest absolute Gasteiger partial charge is 0.0965 e. The Morgan fingerprint density at radius 1 is 1.26 bits per heavy atom. The normalized spacial score (nSPS) is 12.5. The summed E-state index contributed by atoms with van der Waals surface area (Å²) in [6, 6.07) is 8.53.